The summed E-state index contributed by atoms with van der Waals surface area (Å²) < 4.78 is 5.11. The van der Waals surface area contributed by atoms with Crippen molar-refractivity contribution in [2.24, 2.45) is 5.41 Å². The van der Waals surface area contributed by atoms with Crippen LogP contribution in [-0.4, -0.2) is 42.7 Å². The van der Waals surface area contributed by atoms with E-state index in [4.69, 9.17) is 4.74 Å². The van der Waals surface area contributed by atoms with Crippen LogP contribution in [0.1, 0.15) is 43.1 Å². The summed E-state index contributed by atoms with van der Waals surface area (Å²) in [6.07, 6.45) is 7.44. The highest BCUT2D eigenvalue weighted by Crippen LogP contribution is 2.48. The summed E-state index contributed by atoms with van der Waals surface area (Å²) in [5.74, 6) is 0.542. The maximum atomic E-state index is 12.1. The lowest BCUT2D eigenvalue weighted by molar-refractivity contribution is 0.0932. The van der Waals surface area contributed by atoms with Gasteiger partial charge in [0, 0.05) is 26.8 Å². The first-order valence-corrected chi connectivity index (χ1v) is 7.52. The summed E-state index contributed by atoms with van der Waals surface area (Å²) in [7, 11) is 1.71. The molecule has 0 bridgehead atoms. The molecule has 0 spiro atoms. The molecule has 0 aromatic carbocycles. The Kier molecular flexibility index (Phi) is 5.50. The van der Waals surface area contributed by atoms with Crippen LogP contribution in [0.4, 0.5) is 5.82 Å². The normalized spacial score (nSPS) is 15.5. The molecule has 1 aliphatic rings. The first-order chi connectivity index (χ1) is 10.2. The van der Waals surface area contributed by atoms with Gasteiger partial charge < -0.3 is 15.4 Å². The third kappa shape index (κ3) is 4.67. The average molecular weight is 292 g/mol. The van der Waals surface area contributed by atoms with E-state index in [0.29, 0.717) is 18.1 Å². The fourth-order valence-electron chi connectivity index (χ4n) is 2.16. The van der Waals surface area contributed by atoms with E-state index in [1.54, 1.807) is 13.3 Å². The van der Waals surface area contributed by atoms with Crippen molar-refractivity contribution in [3.8, 4) is 0 Å². The van der Waals surface area contributed by atoms with E-state index < -0.39 is 0 Å². The maximum absolute atomic E-state index is 12.1. The largest absolute Gasteiger partial charge is 0.385 e. The van der Waals surface area contributed by atoms with Gasteiger partial charge in [0.1, 0.15) is 11.5 Å². The van der Waals surface area contributed by atoms with Crippen LogP contribution in [0.15, 0.2) is 12.4 Å². The molecule has 116 valence electrons. The predicted molar refractivity (Wildman–Crippen MR) is 81.3 cm³/mol. The van der Waals surface area contributed by atoms with Gasteiger partial charge in [0.15, 0.2) is 0 Å². The SMILES string of the molecule is CCCNc1cnc(C(=O)NCC2(CCOC)CC2)cn1. The van der Waals surface area contributed by atoms with E-state index in [0.717, 1.165) is 38.8 Å². The lowest BCUT2D eigenvalue weighted by Crippen LogP contribution is -2.31. The average Bonchev–Trinajstić information content (AvgIpc) is 3.29. The van der Waals surface area contributed by atoms with Crippen molar-refractivity contribution < 1.29 is 9.53 Å². The second-order valence-electron chi connectivity index (χ2n) is 5.64. The standard InChI is InChI=1S/C15H24N4O2/c1-3-7-16-13-10-17-12(9-18-13)14(20)19-11-15(4-5-15)6-8-21-2/h9-10H,3-8,11H2,1-2H3,(H,16,18)(H,19,20). The number of rotatable bonds is 9. The van der Waals surface area contributed by atoms with Gasteiger partial charge in [-0.05, 0) is 31.1 Å². The molecule has 2 N–H and O–H groups in total. The maximum Gasteiger partial charge on any atom is 0.271 e. The van der Waals surface area contributed by atoms with Crippen molar-refractivity contribution in [3.05, 3.63) is 18.1 Å². The van der Waals surface area contributed by atoms with E-state index in [9.17, 15) is 4.79 Å². The zero-order chi connectivity index (χ0) is 15.1. The van der Waals surface area contributed by atoms with Crippen LogP contribution in [0.5, 0.6) is 0 Å². The molecule has 0 aliphatic heterocycles. The number of hydrogen-bond donors (Lipinski definition) is 2. The van der Waals surface area contributed by atoms with Gasteiger partial charge in [-0.2, -0.15) is 0 Å². The highest BCUT2D eigenvalue weighted by atomic mass is 16.5. The Bertz CT molecular complexity index is 457. The number of carbonyl (C=O) groups is 1. The fraction of sp³-hybridized carbons (Fsp3) is 0.667. The van der Waals surface area contributed by atoms with Gasteiger partial charge in [0.05, 0.1) is 12.4 Å². The summed E-state index contributed by atoms with van der Waals surface area (Å²) in [4.78, 5) is 20.4. The van der Waals surface area contributed by atoms with Crippen molar-refractivity contribution >= 4 is 11.7 Å². The quantitative estimate of drug-likeness (QED) is 0.726. The number of ether oxygens (including phenoxy) is 1. The number of anilines is 1. The van der Waals surface area contributed by atoms with Gasteiger partial charge in [0.2, 0.25) is 0 Å². The summed E-state index contributed by atoms with van der Waals surface area (Å²) in [5, 5.41) is 6.09. The lowest BCUT2D eigenvalue weighted by atomic mass is 10.0. The Morgan fingerprint density at radius 2 is 2.19 bits per heavy atom. The number of methoxy groups -OCH3 is 1. The Morgan fingerprint density at radius 3 is 2.76 bits per heavy atom. The van der Waals surface area contributed by atoms with Crippen LogP contribution in [0.2, 0.25) is 0 Å². The number of aromatic nitrogens is 2. The second-order valence-corrected chi connectivity index (χ2v) is 5.64. The smallest absolute Gasteiger partial charge is 0.271 e. The van der Waals surface area contributed by atoms with E-state index in [2.05, 4.69) is 27.5 Å². The minimum atomic E-state index is -0.159. The van der Waals surface area contributed by atoms with Gasteiger partial charge in [-0.25, -0.2) is 9.97 Å². The van der Waals surface area contributed by atoms with Crippen molar-refractivity contribution in [3.63, 3.8) is 0 Å². The molecule has 2 rings (SSSR count). The van der Waals surface area contributed by atoms with E-state index >= 15 is 0 Å². The molecule has 1 aromatic rings. The van der Waals surface area contributed by atoms with Crippen molar-refractivity contribution in [1.82, 2.24) is 15.3 Å². The number of carbonyl (C=O) groups excluding carboxylic acids is 1. The zero-order valence-electron chi connectivity index (χ0n) is 12.8. The van der Waals surface area contributed by atoms with Crippen molar-refractivity contribution in [2.75, 3.05) is 32.1 Å². The molecule has 0 radical (unpaired) electrons. The molecule has 1 heterocycles. The lowest BCUT2D eigenvalue weighted by Gasteiger charge is -2.15. The molecule has 6 heteroatoms. The van der Waals surface area contributed by atoms with Crippen molar-refractivity contribution in [2.45, 2.75) is 32.6 Å². The summed E-state index contributed by atoms with van der Waals surface area (Å²) in [5.41, 5.74) is 0.599. The van der Waals surface area contributed by atoms with Crippen LogP contribution in [0.25, 0.3) is 0 Å². The fourth-order valence-corrected chi connectivity index (χ4v) is 2.16. The Balaban J connectivity index is 1.80. The molecule has 1 aromatic heterocycles. The molecule has 6 nitrogen and oxygen atoms in total. The third-order valence-corrected chi connectivity index (χ3v) is 3.86. The Hall–Kier alpha value is -1.69. The topological polar surface area (TPSA) is 76.1 Å². The molecular formula is C15H24N4O2. The summed E-state index contributed by atoms with van der Waals surface area (Å²) >= 11 is 0. The molecule has 0 atom stereocenters. The summed E-state index contributed by atoms with van der Waals surface area (Å²) in [6, 6.07) is 0. The Morgan fingerprint density at radius 1 is 1.38 bits per heavy atom. The van der Waals surface area contributed by atoms with Crippen LogP contribution >= 0.6 is 0 Å². The van der Waals surface area contributed by atoms with Crippen LogP contribution < -0.4 is 10.6 Å². The van der Waals surface area contributed by atoms with E-state index in [1.807, 2.05) is 0 Å². The second kappa shape index (κ2) is 7.36. The predicted octanol–water partition coefficient (Wildman–Crippen LogP) is 1.84. The van der Waals surface area contributed by atoms with Gasteiger partial charge >= 0.3 is 0 Å². The molecule has 0 unspecified atom stereocenters. The summed E-state index contributed by atoms with van der Waals surface area (Å²) in [6.45, 7) is 4.36. The third-order valence-electron chi connectivity index (χ3n) is 3.86. The van der Waals surface area contributed by atoms with Gasteiger partial charge in [-0.15, -0.1) is 0 Å². The minimum Gasteiger partial charge on any atom is -0.385 e. The molecule has 1 amide bonds. The minimum absolute atomic E-state index is 0.159. The molecule has 1 aliphatic carbocycles. The number of nitrogens with one attached hydrogen (secondary N) is 2. The Labute approximate surface area is 125 Å². The zero-order valence-corrected chi connectivity index (χ0v) is 12.8. The first-order valence-electron chi connectivity index (χ1n) is 7.52. The van der Waals surface area contributed by atoms with Gasteiger partial charge in [-0.1, -0.05) is 6.92 Å². The number of amides is 1. The number of hydrogen-bond acceptors (Lipinski definition) is 5. The van der Waals surface area contributed by atoms with Crippen molar-refractivity contribution in [1.29, 1.82) is 0 Å². The highest BCUT2D eigenvalue weighted by Gasteiger charge is 2.42. The first kappa shape index (κ1) is 15.7. The van der Waals surface area contributed by atoms with Crippen LogP contribution in [0, 0.1) is 5.41 Å². The van der Waals surface area contributed by atoms with Gasteiger partial charge in [-0.3, -0.25) is 4.79 Å². The van der Waals surface area contributed by atoms with Crippen LogP contribution in [-0.2, 0) is 4.74 Å². The molecule has 21 heavy (non-hydrogen) atoms. The van der Waals surface area contributed by atoms with Gasteiger partial charge in [0.25, 0.3) is 5.91 Å². The van der Waals surface area contributed by atoms with E-state index in [1.165, 1.54) is 6.20 Å². The molecule has 1 saturated carbocycles. The molecule has 0 saturated heterocycles. The highest BCUT2D eigenvalue weighted by molar-refractivity contribution is 5.92. The number of nitrogens with zero attached hydrogens (tertiary/aromatic N) is 2. The molecule has 1 fully saturated rings. The molecular weight excluding hydrogens is 268 g/mol. The van der Waals surface area contributed by atoms with E-state index in [-0.39, 0.29) is 11.3 Å². The van der Waals surface area contributed by atoms with Crippen LogP contribution in [0.3, 0.4) is 0 Å². The monoisotopic (exact) mass is 292 g/mol.